The summed E-state index contributed by atoms with van der Waals surface area (Å²) in [6.07, 6.45) is 3.78. The molecule has 14 heavy (non-hydrogen) atoms. The van der Waals surface area contributed by atoms with Gasteiger partial charge in [0.15, 0.2) is 0 Å². The Morgan fingerprint density at radius 2 is 2.21 bits per heavy atom. The van der Waals surface area contributed by atoms with Crippen molar-refractivity contribution in [3.05, 3.63) is 42.2 Å². The molecule has 0 saturated heterocycles. The lowest BCUT2D eigenvalue weighted by Gasteiger charge is -2.03. The number of aryl methyl sites for hydroxylation is 1. The topological polar surface area (TPSA) is 30.7 Å². The van der Waals surface area contributed by atoms with Crippen LogP contribution in [0, 0.1) is 5.82 Å². The number of hydrogen-bond donors (Lipinski definition) is 0. The summed E-state index contributed by atoms with van der Waals surface area (Å²) in [7, 11) is 0. The van der Waals surface area contributed by atoms with E-state index in [0.717, 1.165) is 12.0 Å². The van der Waals surface area contributed by atoms with Crippen LogP contribution in [-0.2, 0) is 6.42 Å². The van der Waals surface area contributed by atoms with Crippen LogP contribution in [-0.4, -0.2) is 14.8 Å². The first-order valence-electron chi connectivity index (χ1n) is 4.44. The van der Waals surface area contributed by atoms with Crippen molar-refractivity contribution in [2.45, 2.75) is 13.3 Å². The lowest BCUT2D eigenvalue weighted by molar-refractivity contribution is 0.623. The molecule has 0 aliphatic heterocycles. The third-order valence-corrected chi connectivity index (χ3v) is 2.03. The Bertz CT molecular complexity index is 423. The number of benzene rings is 1. The first-order chi connectivity index (χ1) is 6.79. The molecule has 72 valence electrons. The summed E-state index contributed by atoms with van der Waals surface area (Å²) in [5.74, 6) is -0.241. The second kappa shape index (κ2) is 3.57. The highest BCUT2D eigenvalue weighted by atomic mass is 19.1. The summed E-state index contributed by atoms with van der Waals surface area (Å²) in [5, 5.41) is 3.94. The SMILES string of the molecule is CCc1cc(F)cc(-n2cncn2)c1. The third-order valence-electron chi connectivity index (χ3n) is 2.03. The number of aromatic nitrogens is 3. The van der Waals surface area contributed by atoms with E-state index in [4.69, 9.17) is 0 Å². The van der Waals surface area contributed by atoms with E-state index in [0.29, 0.717) is 5.69 Å². The largest absolute Gasteiger partial charge is 0.223 e. The molecule has 3 nitrogen and oxygen atoms in total. The van der Waals surface area contributed by atoms with E-state index in [1.54, 1.807) is 11.0 Å². The molecule has 0 saturated carbocycles. The van der Waals surface area contributed by atoms with Crippen LogP contribution < -0.4 is 0 Å². The molecular weight excluding hydrogens is 181 g/mol. The minimum atomic E-state index is -0.241. The minimum absolute atomic E-state index is 0.241. The van der Waals surface area contributed by atoms with Gasteiger partial charge in [0.25, 0.3) is 0 Å². The van der Waals surface area contributed by atoms with Crippen LogP contribution in [0.1, 0.15) is 12.5 Å². The Balaban J connectivity index is 2.48. The third kappa shape index (κ3) is 1.64. The second-order valence-electron chi connectivity index (χ2n) is 3.01. The molecule has 0 spiro atoms. The van der Waals surface area contributed by atoms with Gasteiger partial charge in [-0.3, -0.25) is 0 Å². The Kier molecular flexibility index (Phi) is 2.26. The average molecular weight is 191 g/mol. The van der Waals surface area contributed by atoms with Gasteiger partial charge in [-0.25, -0.2) is 14.1 Å². The Hall–Kier alpha value is -1.71. The Labute approximate surface area is 81.2 Å². The molecule has 0 fully saturated rings. The molecular formula is C10H10FN3. The molecule has 2 rings (SSSR count). The predicted molar refractivity (Wildman–Crippen MR) is 50.7 cm³/mol. The maximum absolute atomic E-state index is 13.1. The first-order valence-corrected chi connectivity index (χ1v) is 4.44. The molecule has 0 amide bonds. The molecule has 0 N–H and O–H groups in total. The van der Waals surface area contributed by atoms with Crippen molar-refractivity contribution in [3.63, 3.8) is 0 Å². The van der Waals surface area contributed by atoms with Crippen molar-refractivity contribution >= 4 is 0 Å². The Morgan fingerprint density at radius 3 is 2.86 bits per heavy atom. The van der Waals surface area contributed by atoms with E-state index in [1.807, 2.05) is 13.0 Å². The van der Waals surface area contributed by atoms with Crippen LogP contribution in [0.3, 0.4) is 0 Å². The van der Waals surface area contributed by atoms with Gasteiger partial charge < -0.3 is 0 Å². The normalized spacial score (nSPS) is 10.4. The van der Waals surface area contributed by atoms with Gasteiger partial charge in [-0.15, -0.1) is 0 Å². The standard InChI is InChI=1S/C10H10FN3/c1-2-8-3-9(11)5-10(4-8)14-7-12-6-13-14/h3-7H,2H2,1H3. The van der Waals surface area contributed by atoms with Crippen LogP contribution in [0.5, 0.6) is 0 Å². The van der Waals surface area contributed by atoms with E-state index in [2.05, 4.69) is 10.1 Å². The zero-order valence-corrected chi connectivity index (χ0v) is 7.81. The molecule has 0 aliphatic carbocycles. The van der Waals surface area contributed by atoms with Crippen LogP contribution in [0.15, 0.2) is 30.9 Å². The van der Waals surface area contributed by atoms with Gasteiger partial charge in [0, 0.05) is 0 Å². The van der Waals surface area contributed by atoms with Gasteiger partial charge in [0.1, 0.15) is 18.5 Å². The fourth-order valence-electron chi connectivity index (χ4n) is 1.31. The maximum Gasteiger partial charge on any atom is 0.138 e. The van der Waals surface area contributed by atoms with Crippen molar-refractivity contribution in [1.29, 1.82) is 0 Å². The maximum atomic E-state index is 13.1. The van der Waals surface area contributed by atoms with Gasteiger partial charge in [-0.05, 0) is 30.2 Å². The zero-order chi connectivity index (χ0) is 9.97. The fourth-order valence-corrected chi connectivity index (χ4v) is 1.31. The van der Waals surface area contributed by atoms with Crippen molar-refractivity contribution < 1.29 is 4.39 Å². The number of rotatable bonds is 2. The van der Waals surface area contributed by atoms with Gasteiger partial charge in [-0.1, -0.05) is 6.92 Å². The van der Waals surface area contributed by atoms with Crippen molar-refractivity contribution in [1.82, 2.24) is 14.8 Å². The quantitative estimate of drug-likeness (QED) is 0.726. The van der Waals surface area contributed by atoms with E-state index < -0.39 is 0 Å². The lowest BCUT2D eigenvalue weighted by atomic mass is 10.1. The number of nitrogens with zero attached hydrogens (tertiary/aromatic N) is 3. The van der Waals surface area contributed by atoms with Gasteiger partial charge in [0.05, 0.1) is 5.69 Å². The summed E-state index contributed by atoms with van der Waals surface area (Å²) >= 11 is 0. The molecule has 1 aromatic carbocycles. The molecule has 0 atom stereocenters. The van der Waals surface area contributed by atoms with E-state index >= 15 is 0 Å². The highest BCUT2D eigenvalue weighted by Gasteiger charge is 2.01. The van der Waals surface area contributed by atoms with E-state index in [9.17, 15) is 4.39 Å². The molecule has 2 aromatic rings. The molecule has 0 unspecified atom stereocenters. The molecule has 0 aliphatic rings. The monoisotopic (exact) mass is 191 g/mol. The van der Waals surface area contributed by atoms with Crippen LogP contribution >= 0.6 is 0 Å². The van der Waals surface area contributed by atoms with Gasteiger partial charge >= 0.3 is 0 Å². The van der Waals surface area contributed by atoms with Crippen molar-refractivity contribution in [2.24, 2.45) is 0 Å². The zero-order valence-electron chi connectivity index (χ0n) is 7.81. The van der Waals surface area contributed by atoms with Crippen LogP contribution in [0.2, 0.25) is 0 Å². The average Bonchev–Trinajstić information content (AvgIpc) is 2.69. The summed E-state index contributed by atoms with van der Waals surface area (Å²) in [6.45, 7) is 1.99. The van der Waals surface area contributed by atoms with E-state index in [1.165, 1.54) is 18.5 Å². The number of hydrogen-bond acceptors (Lipinski definition) is 2. The summed E-state index contributed by atoms with van der Waals surface area (Å²) in [4.78, 5) is 3.81. The minimum Gasteiger partial charge on any atom is -0.223 e. The molecule has 1 heterocycles. The second-order valence-corrected chi connectivity index (χ2v) is 3.01. The van der Waals surface area contributed by atoms with Crippen LogP contribution in [0.4, 0.5) is 4.39 Å². The summed E-state index contributed by atoms with van der Waals surface area (Å²) in [6, 6.07) is 4.87. The molecule has 4 heteroatoms. The lowest BCUT2D eigenvalue weighted by Crippen LogP contribution is -1.96. The highest BCUT2D eigenvalue weighted by molar-refractivity contribution is 5.35. The Morgan fingerprint density at radius 1 is 1.36 bits per heavy atom. The van der Waals surface area contributed by atoms with Crippen LogP contribution in [0.25, 0.3) is 5.69 Å². The highest BCUT2D eigenvalue weighted by Crippen LogP contribution is 2.12. The summed E-state index contributed by atoms with van der Waals surface area (Å²) < 4.78 is 14.7. The predicted octanol–water partition coefficient (Wildman–Crippen LogP) is 1.97. The number of halogens is 1. The van der Waals surface area contributed by atoms with Gasteiger partial charge in [0.2, 0.25) is 0 Å². The van der Waals surface area contributed by atoms with E-state index in [-0.39, 0.29) is 5.82 Å². The van der Waals surface area contributed by atoms with Gasteiger partial charge in [-0.2, -0.15) is 5.10 Å². The molecule has 1 aromatic heterocycles. The molecule has 0 bridgehead atoms. The fraction of sp³-hybridized carbons (Fsp3) is 0.200. The first kappa shape index (κ1) is 8.87. The smallest absolute Gasteiger partial charge is 0.138 e. The summed E-state index contributed by atoms with van der Waals surface area (Å²) in [5.41, 5.74) is 1.66. The van der Waals surface area contributed by atoms with Crippen molar-refractivity contribution in [2.75, 3.05) is 0 Å². The molecule has 0 radical (unpaired) electrons. The van der Waals surface area contributed by atoms with Crippen molar-refractivity contribution in [3.8, 4) is 5.69 Å².